The Hall–Kier alpha value is -0.0400. The molecule has 0 aromatic carbocycles. The molecule has 2 saturated carbocycles. The van der Waals surface area contributed by atoms with Crippen molar-refractivity contribution in [1.29, 1.82) is 0 Å². The van der Waals surface area contributed by atoms with Crippen molar-refractivity contribution in [3.8, 4) is 0 Å². The smallest absolute Gasteiger partial charge is 0.0110 e. The van der Waals surface area contributed by atoms with E-state index in [-0.39, 0.29) is 0 Å². The summed E-state index contributed by atoms with van der Waals surface area (Å²) in [6, 6.07) is 0. The Morgan fingerprint density at radius 1 is 0.846 bits per heavy atom. The molecule has 2 fully saturated rings. The van der Waals surface area contributed by atoms with Gasteiger partial charge in [0.25, 0.3) is 0 Å². The minimum Gasteiger partial charge on any atom is -0.302 e. The molecule has 1 nitrogen and oxygen atoms in total. The van der Waals surface area contributed by atoms with Crippen LogP contribution in [0, 0.1) is 18.9 Å². The molecule has 2 rings (SSSR count). The molecule has 0 bridgehead atoms. The molecule has 1 heteroatoms. The molecule has 0 N–H and O–H groups in total. The summed E-state index contributed by atoms with van der Waals surface area (Å²) in [5.74, 6) is 1.96. The first kappa shape index (κ1) is 9.51. The monoisotopic (exact) mass is 180 g/mol. The zero-order valence-electron chi connectivity index (χ0n) is 8.67. The second kappa shape index (κ2) is 4.45. The van der Waals surface area contributed by atoms with E-state index in [9.17, 15) is 0 Å². The van der Waals surface area contributed by atoms with Crippen LogP contribution in [0.3, 0.4) is 0 Å². The molecular weight excluding hydrogens is 158 g/mol. The minimum absolute atomic E-state index is 0.963. The Morgan fingerprint density at radius 3 is 1.92 bits per heavy atom. The molecule has 0 heterocycles. The van der Waals surface area contributed by atoms with Crippen LogP contribution in [-0.4, -0.2) is 18.0 Å². The third-order valence-electron chi connectivity index (χ3n) is 3.45. The fourth-order valence-electron chi connectivity index (χ4n) is 2.47. The lowest BCUT2D eigenvalue weighted by Crippen LogP contribution is -2.27. The molecule has 75 valence electrons. The van der Waals surface area contributed by atoms with Crippen LogP contribution >= 0.6 is 0 Å². The molecule has 0 aromatic rings. The number of nitrogens with zero attached hydrogens (tertiary/aromatic N) is 1. The van der Waals surface area contributed by atoms with Crippen LogP contribution in [0.4, 0.5) is 0 Å². The number of hydrogen-bond acceptors (Lipinski definition) is 1. The Bertz CT molecular complexity index is 145. The Balaban J connectivity index is 1.62. The van der Waals surface area contributed by atoms with Crippen LogP contribution in [0.1, 0.15) is 44.9 Å². The van der Waals surface area contributed by atoms with Crippen molar-refractivity contribution in [2.45, 2.75) is 44.9 Å². The minimum atomic E-state index is 0.963. The summed E-state index contributed by atoms with van der Waals surface area (Å²) in [5.41, 5.74) is 0. The highest BCUT2D eigenvalue weighted by atomic mass is 15.1. The van der Waals surface area contributed by atoms with Gasteiger partial charge in [-0.05, 0) is 37.5 Å². The van der Waals surface area contributed by atoms with Crippen LogP contribution in [0.25, 0.3) is 0 Å². The van der Waals surface area contributed by atoms with E-state index in [1.54, 1.807) is 0 Å². The summed E-state index contributed by atoms with van der Waals surface area (Å²) in [5, 5.41) is 0. The Labute approximate surface area is 82.5 Å². The van der Waals surface area contributed by atoms with E-state index in [0.29, 0.717) is 0 Å². The molecule has 0 unspecified atom stereocenters. The fraction of sp³-hybridized carbons (Fsp3) is 0.917. The van der Waals surface area contributed by atoms with Crippen LogP contribution in [0.15, 0.2) is 0 Å². The van der Waals surface area contributed by atoms with E-state index in [0.717, 1.165) is 11.8 Å². The van der Waals surface area contributed by atoms with Gasteiger partial charge in [0.1, 0.15) is 0 Å². The predicted octanol–water partition coefficient (Wildman–Crippen LogP) is 3.07. The first-order valence-corrected chi connectivity index (χ1v) is 5.90. The second-order valence-corrected chi connectivity index (χ2v) is 4.98. The molecule has 0 saturated heterocycles. The lowest BCUT2D eigenvalue weighted by molar-refractivity contribution is 0.246. The molecule has 0 aliphatic heterocycles. The van der Waals surface area contributed by atoms with Gasteiger partial charge in [0, 0.05) is 20.1 Å². The quantitative estimate of drug-likeness (QED) is 0.642. The first-order chi connectivity index (χ1) is 6.34. The molecule has 0 amide bonds. The maximum Gasteiger partial charge on any atom is 0.0110 e. The van der Waals surface area contributed by atoms with Gasteiger partial charge in [-0.15, -0.1) is 0 Å². The van der Waals surface area contributed by atoms with Crippen molar-refractivity contribution in [2.75, 3.05) is 13.1 Å². The molecule has 13 heavy (non-hydrogen) atoms. The van der Waals surface area contributed by atoms with Crippen LogP contribution in [0.5, 0.6) is 0 Å². The van der Waals surface area contributed by atoms with Gasteiger partial charge in [-0.2, -0.15) is 0 Å². The topological polar surface area (TPSA) is 3.24 Å². The fourth-order valence-corrected chi connectivity index (χ4v) is 2.47. The summed E-state index contributed by atoms with van der Waals surface area (Å²) in [6.45, 7) is 2.52. The van der Waals surface area contributed by atoms with Crippen molar-refractivity contribution in [3.05, 3.63) is 7.05 Å². The SMILES string of the molecule is [CH2]N(CC1CCCCC1)CC1CC1. The highest BCUT2D eigenvalue weighted by molar-refractivity contribution is 4.78. The molecule has 1 radical (unpaired) electrons. The normalized spacial score (nSPS) is 25.4. The van der Waals surface area contributed by atoms with E-state index < -0.39 is 0 Å². The lowest BCUT2D eigenvalue weighted by Gasteiger charge is -2.26. The van der Waals surface area contributed by atoms with Gasteiger partial charge in [0.05, 0.1) is 0 Å². The van der Waals surface area contributed by atoms with E-state index in [1.807, 2.05) is 0 Å². The maximum atomic E-state index is 4.15. The van der Waals surface area contributed by atoms with E-state index >= 15 is 0 Å². The summed E-state index contributed by atoms with van der Waals surface area (Å²) in [7, 11) is 4.15. The zero-order chi connectivity index (χ0) is 9.10. The van der Waals surface area contributed by atoms with Crippen LogP contribution < -0.4 is 0 Å². The van der Waals surface area contributed by atoms with Crippen LogP contribution in [-0.2, 0) is 0 Å². The summed E-state index contributed by atoms with van der Waals surface area (Å²) in [4.78, 5) is 2.33. The van der Waals surface area contributed by atoms with E-state index in [1.165, 1.54) is 58.0 Å². The molecule has 2 aliphatic rings. The summed E-state index contributed by atoms with van der Waals surface area (Å²) in [6.07, 6.45) is 10.2. The maximum absolute atomic E-state index is 4.15. The van der Waals surface area contributed by atoms with Crippen molar-refractivity contribution < 1.29 is 0 Å². The average Bonchev–Trinajstić information content (AvgIpc) is 2.90. The van der Waals surface area contributed by atoms with Crippen molar-refractivity contribution in [2.24, 2.45) is 11.8 Å². The first-order valence-electron chi connectivity index (χ1n) is 5.90. The van der Waals surface area contributed by atoms with Gasteiger partial charge in [0.15, 0.2) is 0 Å². The highest BCUT2D eigenvalue weighted by Gasteiger charge is 2.24. The average molecular weight is 180 g/mol. The third-order valence-corrected chi connectivity index (χ3v) is 3.45. The molecule has 0 atom stereocenters. The Morgan fingerprint density at radius 2 is 1.38 bits per heavy atom. The second-order valence-electron chi connectivity index (χ2n) is 4.98. The van der Waals surface area contributed by atoms with Gasteiger partial charge >= 0.3 is 0 Å². The molecular formula is C12H22N. The predicted molar refractivity (Wildman–Crippen MR) is 56.2 cm³/mol. The van der Waals surface area contributed by atoms with Crippen molar-refractivity contribution in [3.63, 3.8) is 0 Å². The molecule has 2 aliphatic carbocycles. The highest BCUT2D eigenvalue weighted by Crippen LogP contribution is 2.30. The summed E-state index contributed by atoms with van der Waals surface area (Å²) >= 11 is 0. The zero-order valence-corrected chi connectivity index (χ0v) is 8.67. The van der Waals surface area contributed by atoms with Crippen LogP contribution in [0.2, 0.25) is 0 Å². The third kappa shape index (κ3) is 3.30. The van der Waals surface area contributed by atoms with Gasteiger partial charge in [0.2, 0.25) is 0 Å². The molecule has 0 aromatic heterocycles. The standard InChI is InChI=1S/C12H22N/c1-13(10-12-7-8-12)9-11-5-3-2-4-6-11/h11-12H,1-10H2. The van der Waals surface area contributed by atoms with Gasteiger partial charge in [-0.25, -0.2) is 0 Å². The van der Waals surface area contributed by atoms with Gasteiger partial charge < -0.3 is 4.90 Å². The lowest BCUT2D eigenvalue weighted by atomic mass is 9.89. The van der Waals surface area contributed by atoms with Crippen molar-refractivity contribution >= 4 is 0 Å². The van der Waals surface area contributed by atoms with Gasteiger partial charge in [-0.1, -0.05) is 19.3 Å². The number of hydrogen-bond donors (Lipinski definition) is 0. The largest absolute Gasteiger partial charge is 0.302 e. The van der Waals surface area contributed by atoms with Crippen molar-refractivity contribution in [1.82, 2.24) is 4.90 Å². The van der Waals surface area contributed by atoms with E-state index in [2.05, 4.69) is 11.9 Å². The summed E-state index contributed by atoms with van der Waals surface area (Å²) < 4.78 is 0. The molecule has 0 spiro atoms. The Kier molecular flexibility index (Phi) is 3.26. The van der Waals surface area contributed by atoms with Gasteiger partial charge in [-0.3, -0.25) is 0 Å². The van der Waals surface area contributed by atoms with E-state index in [4.69, 9.17) is 0 Å². The number of rotatable bonds is 4.